The number of nitrogens with zero attached hydrogens (tertiary/aromatic N) is 4. The van der Waals surface area contributed by atoms with Gasteiger partial charge in [0.25, 0.3) is 11.8 Å². The maximum absolute atomic E-state index is 14.4. The molecule has 1 unspecified atom stereocenters. The summed E-state index contributed by atoms with van der Waals surface area (Å²) in [5, 5.41) is 39.2. The molecular formula is C72H89N11O23. The number of hydrogen-bond acceptors (Lipinski definition) is 23. The molecule has 4 aliphatic rings. The molecule has 8 atom stereocenters. The predicted octanol–water partition coefficient (Wildman–Crippen LogP) is 4.50. The third kappa shape index (κ3) is 20.5. The van der Waals surface area contributed by atoms with Crippen molar-refractivity contribution in [1.82, 2.24) is 31.1 Å². The zero-order valence-electron chi connectivity index (χ0n) is 59.8. The summed E-state index contributed by atoms with van der Waals surface area (Å²) >= 11 is 0. The summed E-state index contributed by atoms with van der Waals surface area (Å²) in [6.07, 6.45) is -5.99. The average molecular weight is 1480 g/mol. The smallest absolute Gasteiger partial charge is 0.416 e. The van der Waals surface area contributed by atoms with Crippen LogP contribution in [0.4, 0.5) is 41.9 Å². The van der Waals surface area contributed by atoms with Gasteiger partial charge in [-0.1, -0.05) is 75.1 Å². The van der Waals surface area contributed by atoms with E-state index in [1.54, 1.807) is 50.2 Å². The first-order valence-corrected chi connectivity index (χ1v) is 33.8. The lowest BCUT2D eigenvalue weighted by molar-refractivity contribution is -0.129. The summed E-state index contributed by atoms with van der Waals surface area (Å²) in [7, 11) is 4.20. The van der Waals surface area contributed by atoms with Crippen LogP contribution in [0.25, 0.3) is 0 Å². The minimum atomic E-state index is -1.65. The lowest BCUT2D eigenvalue weighted by atomic mass is 10.0. The van der Waals surface area contributed by atoms with Crippen LogP contribution >= 0.6 is 0 Å². The molecule has 0 aliphatic carbocycles. The number of alkyl carbamates (subject to hydrolysis) is 2. The van der Waals surface area contributed by atoms with Crippen LogP contribution in [0.1, 0.15) is 85.2 Å². The number of fused-ring (bicyclic) bond motifs is 4. The third-order valence-electron chi connectivity index (χ3n) is 17.2. The zero-order chi connectivity index (χ0) is 77.1. The van der Waals surface area contributed by atoms with E-state index in [9.17, 15) is 63.0 Å². The molecule has 0 bridgehead atoms. The summed E-state index contributed by atoms with van der Waals surface area (Å²) in [4.78, 5) is 151. The normalized spacial score (nSPS) is 17.6. The van der Waals surface area contributed by atoms with Crippen molar-refractivity contribution >= 4 is 88.5 Å². The second-order valence-electron chi connectivity index (χ2n) is 25.4. The largest absolute Gasteiger partial charge is 0.493 e. The summed E-state index contributed by atoms with van der Waals surface area (Å²) in [6.45, 7) is 17.6. The van der Waals surface area contributed by atoms with E-state index in [1.807, 2.05) is 0 Å². The van der Waals surface area contributed by atoms with Crippen molar-refractivity contribution in [3.05, 3.63) is 132 Å². The van der Waals surface area contributed by atoms with E-state index in [1.165, 1.54) is 87.5 Å². The fourth-order valence-corrected chi connectivity index (χ4v) is 11.7. The Kier molecular flexibility index (Phi) is 28.2. The van der Waals surface area contributed by atoms with Crippen LogP contribution in [0.2, 0.25) is 0 Å². The maximum atomic E-state index is 14.4. The summed E-state index contributed by atoms with van der Waals surface area (Å²) in [5.74, 6) is -4.79. The molecule has 0 spiro atoms. The molecular weight excluding hydrogens is 1390 g/mol. The number of nitrogens with one attached hydrogen (secondary N) is 6. The predicted molar refractivity (Wildman–Crippen MR) is 380 cm³/mol. The van der Waals surface area contributed by atoms with Crippen molar-refractivity contribution < 1.29 is 110 Å². The topological polar surface area (TPSA) is 432 Å². The van der Waals surface area contributed by atoms with Gasteiger partial charge in [0, 0.05) is 50.1 Å². The Morgan fingerprint density at radius 3 is 1.45 bits per heavy atom. The number of amides is 11. The van der Waals surface area contributed by atoms with Gasteiger partial charge in [0.1, 0.15) is 50.6 Å². The van der Waals surface area contributed by atoms with Crippen molar-refractivity contribution in [1.29, 1.82) is 0 Å². The summed E-state index contributed by atoms with van der Waals surface area (Å²) in [5.41, 5.74) is 7.91. The average Bonchev–Trinajstić information content (AvgIpc) is 1.60. The number of anilines is 4. The highest BCUT2D eigenvalue weighted by atomic mass is 16.6. The van der Waals surface area contributed by atoms with Crippen LogP contribution in [-0.4, -0.2) is 215 Å². The molecule has 4 aromatic carbocycles. The van der Waals surface area contributed by atoms with Crippen LogP contribution in [0.5, 0.6) is 23.0 Å². The molecule has 4 heterocycles. The van der Waals surface area contributed by atoms with Gasteiger partial charge in [-0.15, -0.1) is 0 Å². The van der Waals surface area contributed by atoms with Crippen molar-refractivity contribution in [3.63, 3.8) is 0 Å². The summed E-state index contributed by atoms with van der Waals surface area (Å²) < 4.78 is 55.5. The van der Waals surface area contributed by atoms with Gasteiger partial charge in [-0.3, -0.25) is 33.6 Å². The highest BCUT2D eigenvalue weighted by Gasteiger charge is 2.48. The van der Waals surface area contributed by atoms with Crippen LogP contribution in [-0.2, 0) is 65.6 Å². The molecule has 34 heteroatoms. The molecule has 2 saturated heterocycles. The SMILES string of the molecule is C=CCOC(=O)N[C@H](C(=O)N[C@@H](C)C(=O)Nc1ccc(COC(=O)N2c3cc(OCCCOc4cc5c(cc4OC)C(=O)N4CC(=C)CC4[C@H](O)N5C(=O)OCc4ccc(NC(=O)[C@H](C)NC(=O)[C@H](CC(N)=O)NC(=O)OCCOCCOC)cc4)c(OC)cc3C(=O)N3CC(=C)C[C@H]3[C@@H]2O)cc1)C(C)C. The number of aliphatic hydroxyl groups is 2. The second kappa shape index (κ2) is 37.3. The van der Waals surface area contributed by atoms with E-state index >= 15 is 0 Å². The van der Waals surface area contributed by atoms with Gasteiger partial charge in [-0.05, 0) is 80.1 Å². The molecule has 106 heavy (non-hydrogen) atoms. The number of benzene rings is 4. The lowest BCUT2D eigenvalue weighted by Crippen LogP contribution is -2.53. The van der Waals surface area contributed by atoms with Crippen LogP contribution in [0, 0.1) is 5.92 Å². The molecule has 10 N–H and O–H groups in total. The fraction of sp³-hybridized carbons (Fsp3) is 0.431. The van der Waals surface area contributed by atoms with Crippen molar-refractivity contribution in [2.24, 2.45) is 11.7 Å². The quantitative estimate of drug-likeness (QED) is 0.0180. The first kappa shape index (κ1) is 80.2. The Morgan fingerprint density at radius 2 is 1.02 bits per heavy atom. The highest BCUT2D eigenvalue weighted by molar-refractivity contribution is 6.08. The van der Waals surface area contributed by atoms with Crippen molar-refractivity contribution in [2.75, 3.05) is 101 Å². The highest BCUT2D eigenvalue weighted by Crippen LogP contribution is 2.44. The number of hydrogen-bond donors (Lipinski definition) is 9. The molecule has 570 valence electrons. The number of carbonyl (C=O) groups excluding carboxylic acids is 11. The first-order valence-electron chi connectivity index (χ1n) is 33.8. The van der Waals surface area contributed by atoms with Gasteiger partial charge in [0.05, 0.1) is 88.3 Å². The third-order valence-corrected chi connectivity index (χ3v) is 17.2. The number of carbonyl (C=O) groups is 11. The minimum absolute atomic E-state index is 0.0177. The number of methoxy groups -OCH3 is 3. The number of primary amides is 1. The number of aliphatic hydroxyl groups excluding tert-OH is 2. The van der Waals surface area contributed by atoms with Crippen LogP contribution in [0.3, 0.4) is 0 Å². The van der Waals surface area contributed by atoms with Crippen LogP contribution in [0.15, 0.2) is 110 Å². The Hall–Kier alpha value is -11.5. The number of nitrogens with two attached hydrogens (primary N) is 1. The Morgan fingerprint density at radius 1 is 0.566 bits per heavy atom. The Labute approximate surface area is 610 Å². The van der Waals surface area contributed by atoms with Gasteiger partial charge >= 0.3 is 24.4 Å². The minimum Gasteiger partial charge on any atom is -0.493 e. The lowest BCUT2D eigenvalue weighted by Gasteiger charge is -2.31. The van der Waals surface area contributed by atoms with Gasteiger partial charge in [-0.25, -0.2) is 29.0 Å². The molecule has 4 aliphatic heterocycles. The molecule has 8 rings (SSSR count). The Balaban J connectivity index is 0.901. The Bertz CT molecular complexity index is 3950. The summed E-state index contributed by atoms with van der Waals surface area (Å²) in [6, 6.07) is 11.3. The van der Waals surface area contributed by atoms with Crippen molar-refractivity contribution in [3.8, 4) is 23.0 Å². The molecule has 11 amide bonds. The van der Waals surface area contributed by atoms with Gasteiger partial charge in [0.15, 0.2) is 35.5 Å². The number of rotatable bonds is 33. The molecule has 0 radical (unpaired) electrons. The van der Waals surface area contributed by atoms with Crippen LogP contribution < -0.4 is 66.4 Å². The van der Waals surface area contributed by atoms with E-state index in [4.69, 9.17) is 53.1 Å². The second-order valence-corrected chi connectivity index (χ2v) is 25.4. The maximum Gasteiger partial charge on any atom is 0.416 e. The van der Waals surface area contributed by atoms with E-state index < -0.39 is 121 Å². The van der Waals surface area contributed by atoms with Gasteiger partial charge < -0.3 is 105 Å². The molecule has 4 aromatic rings. The van der Waals surface area contributed by atoms with Crippen molar-refractivity contribution in [2.45, 2.75) is 115 Å². The standard InChI is InChI=1S/C72H89N11O23/c1-11-21-103-70(94)79-60(39(2)3)64(88)75-43(7)62(86)77-47-19-15-45(16-20-47)38-106-72(96)83-52-34-58(56(99-10)31-49(52)66(90)81-36-41(5)29-54(81)68(83)92)102-23-12-22-101-57-33-51-48(30-55(57)98-9)65(89)80-35-40(4)28-53(80)67(91)82(51)71(95)105-37-44-13-17-46(18-14-44)76-61(85)42(6)74-63(87)50(32-59(73)84)78-69(93)104-27-26-100-25-24-97-8/h11,13-20,30-31,33-34,39,42-43,50,53-54,60,67-68,91-92H,1,4-5,12,21-29,32,35-38H2,2-3,6-10H3,(H2,73,84)(H,74,87)(H,75,88)(H,76,85)(H,77,86)(H,78,93)(H,79,94)/t42-,43-,50-,53?,54-,60-,67-,68-/m0/s1. The number of ether oxygens (including phenoxy) is 10. The van der Waals surface area contributed by atoms with Gasteiger partial charge in [0.2, 0.25) is 29.5 Å². The first-order chi connectivity index (χ1) is 50.6. The van der Waals surface area contributed by atoms with E-state index in [2.05, 4.69) is 51.6 Å². The molecule has 0 aromatic heterocycles. The van der Waals surface area contributed by atoms with E-state index in [0.29, 0.717) is 34.6 Å². The monoisotopic (exact) mass is 1480 g/mol. The molecule has 0 saturated carbocycles. The van der Waals surface area contributed by atoms with E-state index in [0.717, 1.165) is 9.80 Å². The molecule has 2 fully saturated rings. The fourth-order valence-electron chi connectivity index (χ4n) is 11.7. The molecule has 34 nitrogen and oxygen atoms in total. The zero-order valence-corrected chi connectivity index (χ0v) is 59.8. The van der Waals surface area contributed by atoms with Gasteiger partial charge in [-0.2, -0.15) is 0 Å². The van der Waals surface area contributed by atoms with E-state index in [-0.39, 0.29) is 142 Å².